The first-order valence-corrected chi connectivity index (χ1v) is 7.29. The van der Waals surface area contributed by atoms with E-state index in [1.54, 1.807) is 37.3 Å². The Labute approximate surface area is 138 Å². The average Bonchev–Trinajstić information content (AvgIpc) is 2.92. The zero-order chi connectivity index (χ0) is 16.8. The molecule has 0 saturated carbocycles. The van der Waals surface area contributed by atoms with Crippen LogP contribution in [0.25, 0.3) is 6.08 Å². The van der Waals surface area contributed by atoms with Gasteiger partial charge in [0.15, 0.2) is 6.61 Å². The number of anilines is 1. The molecule has 5 nitrogen and oxygen atoms in total. The number of halogens is 1. The Morgan fingerprint density at radius 2 is 2.04 bits per heavy atom. The summed E-state index contributed by atoms with van der Waals surface area (Å²) in [6.45, 7) is 3.26. The van der Waals surface area contributed by atoms with Crippen molar-refractivity contribution in [3.8, 4) is 0 Å². The molecular weight excluding hydrogens is 318 g/mol. The summed E-state index contributed by atoms with van der Waals surface area (Å²) in [5.74, 6) is 0.218. The van der Waals surface area contributed by atoms with E-state index in [0.717, 1.165) is 11.3 Å². The van der Waals surface area contributed by atoms with E-state index in [1.807, 2.05) is 6.92 Å². The second-order valence-electron chi connectivity index (χ2n) is 4.90. The highest BCUT2D eigenvalue weighted by Crippen LogP contribution is 2.20. The van der Waals surface area contributed by atoms with Crippen LogP contribution in [0.5, 0.6) is 0 Å². The van der Waals surface area contributed by atoms with E-state index in [1.165, 1.54) is 12.2 Å². The number of hydrogen-bond donors (Lipinski definition) is 1. The van der Waals surface area contributed by atoms with Crippen LogP contribution < -0.4 is 5.32 Å². The van der Waals surface area contributed by atoms with Crippen LogP contribution >= 0.6 is 11.6 Å². The summed E-state index contributed by atoms with van der Waals surface area (Å²) in [5, 5.41) is 3.15. The third-order valence-electron chi connectivity index (χ3n) is 2.96. The Kier molecular flexibility index (Phi) is 5.60. The quantitative estimate of drug-likeness (QED) is 0.668. The second-order valence-corrected chi connectivity index (χ2v) is 5.33. The maximum Gasteiger partial charge on any atom is 0.331 e. The molecule has 1 N–H and O–H groups in total. The summed E-state index contributed by atoms with van der Waals surface area (Å²) in [4.78, 5) is 23.3. The number of carbonyl (C=O) groups is 2. The first-order valence-electron chi connectivity index (χ1n) is 6.91. The molecule has 23 heavy (non-hydrogen) atoms. The molecule has 1 aromatic heterocycles. The number of furan rings is 1. The molecule has 2 aromatic rings. The minimum absolute atomic E-state index is 0.383. The van der Waals surface area contributed by atoms with E-state index in [-0.39, 0.29) is 6.61 Å². The van der Waals surface area contributed by atoms with E-state index in [4.69, 9.17) is 20.8 Å². The first-order chi connectivity index (χ1) is 10.9. The average molecular weight is 334 g/mol. The van der Waals surface area contributed by atoms with Gasteiger partial charge in [-0.3, -0.25) is 4.79 Å². The minimum atomic E-state index is -0.628. The van der Waals surface area contributed by atoms with Crippen molar-refractivity contribution in [2.24, 2.45) is 0 Å². The number of amides is 1. The fourth-order valence-electron chi connectivity index (χ4n) is 1.79. The molecule has 2 rings (SSSR count). The Hall–Kier alpha value is -2.53. The van der Waals surface area contributed by atoms with Gasteiger partial charge >= 0.3 is 5.97 Å². The highest BCUT2D eigenvalue weighted by Gasteiger charge is 2.08. The van der Waals surface area contributed by atoms with Gasteiger partial charge in [-0.2, -0.15) is 0 Å². The summed E-state index contributed by atoms with van der Waals surface area (Å²) < 4.78 is 10.1. The summed E-state index contributed by atoms with van der Waals surface area (Å²) in [6, 6.07) is 8.67. The van der Waals surface area contributed by atoms with Crippen LogP contribution in [0.15, 0.2) is 40.8 Å². The summed E-state index contributed by atoms with van der Waals surface area (Å²) in [6.07, 6.45) is 2.69. The fourth-order valence-corrected chi connectivity index (χ4v) is 1.97. The molecule has 1 aromatic carbocycles. The Balaban J connectivity index is 1.83. The molecule has 0 saturated heterocycles. The van der Waals surface area contributed by atoms with Crippen molar-refractivity contribution in [1.82, 2.24) is 0 Å². The van der Waals surface area contributed by atoms with Crippen LogP contribution in [-0.2, 0) is 14.3 Å². The fraction of sp³-hybridized carbons (Fsp3) is 0.176. The molecule has 1 amide bonds. The molecule has 0 atom stereocenters. The molecule has 0 aliphatic carbocycles. The van der Waals surface area contributed by atoms with Crippen LogP contribution in [0.1, 0.15) is 17.1 Å². The maximum absolute atomic E-state index is 11.8. The lowest BCUT2D eigenvalue weighted by molar-refractivity contribution is -0.142. The van der Waals surface area contributed by atoms with Gasteiger partial charge in [-0.1, -0.05) is 17.7 Å². The van der Waals surface area contributed by atoms with Crippen molar-refractivity contribution in [3.63, 3.8) is 0 Å². The zero-order valence-electron chi connectivity index (χ0n) is 12.8. The van der Waals surface area contributed by atoms with Crippen LogP contribution in [0.2, 0.25) is 5.02 Å². The minimum Gasteiger partial charge on any atom is -0.462 e. The van der Waals surface area contributed by atoms with Gasteiger partial charge < -0.3 is 14.5 Å². The number of hydrogen-bond acceptors (Lipinski definition) is 4. The summed E-state index contributed by atoms with van der Waals surface area (Å²) in [5.41, 5.74) is 1.45. The van der Waals surface area contributed by atoms with Crippen molar-refractivity contribution in [2.45, 2.75) is 13.8 Å². The number of carbonyl (C=O) groups excluding carboxylic acids is 2. The smallest absolute Gasteiger partial charge is 0.331 e. The molecular formula is C17H16ClNO4. The molecule has 120 valence electrons. The lowest BCUT2D eigenvalue weighted by Gasteiger charge is -2.08. The van der Waals surface area contributed by atoms with Gasteiger partial charge in [0.1, 0.15) is 11.5 Å². The molecule has 6 heteroatoms. The maximum atomic E-state index is 11.8. The topological polar surface area (TPSA) is 68.5 Å². The monoisotopic (exact) mass is 333 g/mol. The molecule has 0 radical (unpaired) electrons. The summed E-state index contributed by atoms with van der Waals surface area (Å²) in [7, 11) is 0. The second kappa shape index (κ2) is 7.65. The third-order valence-corrected chi connectivity index (χ3v) is 3.20. The van der Waals surface area contributed by atoms with E-state index in [9.17, 15) is 9.59 Å². The van der Waals surface area contributed by atoms with Gasteiger partial charge in [0.25, 0.3) is 5.91 Å². The van der Waals surface area contributed by atoms with E-state index in [2.05, 4.69) is 5.32 Å². The van der Waals surface area contributed by atoms with Gasteiger partial charge in [0.05, 0.1) is 0 Å². The predicted octanol–water partition coefficient (Wildman–Crippen LogP) is 3.74. The Morgan fingerprint density at radius 3 is 2.74 bits per heavy atom. The van der Waals surface area contributed by atoms with Crippen LogP contribution in [0.4, 0.5) is 5.69 Å². The number of benzene rings is 1. The number of rotatable bonds is 5. The highest BCUT2D eigenvalue weighted by atomic mass is 35.5. The summed E-state index contributed by atoms with van der Waals surface area (Å²) >= 11 is 5.87. The lowest BCUT2D eigenvalue weighted by atomic mass is 10.2. The van der Waals surface area contributed by atoms with Crippen LogP contribution in [0, 0.1) is 13.8 Å². The molecule has 0 spiro atoms. The predicted molar refractivity (Wildman–Crippen MR) is 88.3 cm³/mol. The lowest BCUT2D eigenvalue weighted by Crippen LogP contribution is -2.20. The highest BCUT2D eigenvalue weighted by molar-refractivity contribution is 6.31. The van der Waals surface area contributed by atoms with Crippen molar-refractivity contribution >= 4 is 35.2 Å². The van der Waals surface area contributed by atoms with Crippen LogP contribution in [0.3, 0.4) is 0 Å². The van der Waals surface area contributed by atoms with E-state index in [0.29, 0.717) is 16.5 Å². The largest absolute Gasteiger partial charge is 0.462 e. The third kappa shape index (κ3) is 5.30. The Bertz CT molecular complexity index is 749. The Morgan fingerprint density at radius 1 is 1.26 bits per heavy atom. The van der Waals surface area contributed by atoms with Gasteiger partial charge in [-0.25, -0.2) is 4.79 Å². The standard InChI is InChI=1S/C17H16ClNO4/c1-11-3-5-13(18)9-15(11)19-16(20)10-22-17(21)8-7-14-6-4-12(2)23-14/h3-9H,10H2,1-2H3,(H,19,20). The molecule has 1 heterocycles. The van der Waals surface area contributed by atoms with Gasteiger partial charge in [-0.15, -0.1) is 0 Å². The van der Waals surface area contributed by atoms with E-state index >= 15 is 0 Å². The van der Waals surface area contributed by atoms with Crippen molar-refractivity contribution < 1.29 is 18.7 Å². The van der Waals surface area contributed by atoms with Crippen LogP contribution in [-0.4, -0.2) is 18.5 Å². The van der Waals surface area contributed by atoms with Gasteiger partial charge in [0.2, 0.25) is 0 Å². The van der Waals surface area contributed by atoms with Gasteiger partial charge in [-0.05, 0) is 49.8 Å². The number of esters is 1. The number of ether oxygens (including phenoxy) is 1. The van der Waals surface area contributed by atoms with Crippen molar-refractivity contribution in [2.75, 3.05) is 11.9 Å². The first kappa shape index (κ1) is 16.8. The molecule has 0 unspecified atom stereocenters. The van der Waals surface area contributed by atoms with Crippen molar-refractivity contribution in [1.29, 1.82) is 0 Å². The van der Waals surface area contributed by atoms with E-state index < -0.39 is 11.9 Å². The molecule has 0 fully saturated rings. The SMILES string of the molecule is Cc1ccc(C=CC(=O)OCC(=O)Nc2cc(Cl)ccc2C)o1. The zero-order valence-corrected chi connectivity index (χ0v) is 13.5. The molecule has 0 aliphatic heterocycles. The molecule has 0 bridgehead atoms. The molecule has 0 aliphatic rings. The number of aryl methyl sites for hydroxylation is 2. The van der Waals surface area contributed by atoms with Crippen molar-refractivity contribution in [3.05, 3.63) is 58.5 Å². The van der Waals surface area contributed by atoms with Gasteiger partial charge in [0, 0.05) is 16.8 Å². The number of nitrogens with one attached hydrogen (secondary N) is 1. The normalized spacial score (nSPS) is 10.7.